The average Bonchev–Trinajstić information content (AvgIpc) is 3.10. The lowest BCUT2D eigenvalue weighted by Crippen LogP contribution is -2.29. The van der Waals surface area contributed by atoms with Crippen LogP contribution in [0.3, 0.4) is 0 Å². The standard InChI is InChI=1S/C16H20BrNOS/c1-2-7-18-15(11-6-8-19-9-11)13-10-20-16-12(13)4-3-5-14(16)17/h3-5,10-11,15,18H,2,6-9H2,1H3. The molecule has 0 saturated carbocycles. The summed E-state index contributed by atoms with van der Waals surface area (Å²) in [6, 6.07) is 6.91. The molecule has 108 valence electrons. The number of hydrogen-bond acceptors (Lipinski definition) is 3. The first-order valence-corrected chi connectivity index (χ1v) is 8.95. The van der Waals surface area contributed by atoms with Gasteiger partial charge in [0, 0.05) is 27.7 Å². The fourth-order valence-electron chi connectivity index (χ4n) is 2.93. The van der Waals surface area contributed by atoms with E-state index in [0.717, 1.165) is 32.6 Å². The summed E-state index contributed by atoms with van der Waals surface area (Å²) in [6.07, 6.45) is 2.32. The van der Waals surface area contributed by atoms with Crippen LogP contribution in [0.25, 0.3) is 10.1 Å². The van der Waals surface area contributed by atoms with Crippen LogP contribution in [0.15, 0.2) is 28.1 Å². The van der Waals surface area contributed by atoms with Gasteiger partial charge in [0.1, 0.15) is 0 Å². The van der Waals surface area contributed by atoms with E-state index >= 15 is 0 Å². The fourth-order valence-corrected chi connectivity index (χ4v) is 4.59. The van der Waals surface area contributed by atoms with Crippen molar-refractivity contribution >= 4 is 37.4 Å². The highest BCUT2D eigenvalue weighted by Crippen LogP contribution is 2.39. The van der Waals surface area contributed by atoms with Crippen LogP contribution >= 0.6 is 27.3 Å². The van der Waals surface area contributed by atoms with E-state index in [1.807, 2.05) is 11.3 Å². The number of thiophene rings is 1. The molecule has 2 nitrogen and oxygen atoms in total. The Labute approximate surface area is 132 Å². The Kier molecular flexibility index (Phi) is 4.76. The molecule has 1 aliphatic heterocycles. The second kappa shape index (κ2) is 6.56. The Morgan fingerprint density at radius 2 is 2.40 bits per heavy atom. The van der Waals surface area contributed by atoms with Gasteiger partial charge in [-0.25, -0.2) is 0 Å². The van der Waals surface area contributed by atoms with Gasteiger partial charge in [0.15, 0.2) is 0 Å². The van der Waals surface area contributed by atoms with Gasteiger partial charge in [0.05, 0.1) is 6.61 Å². The SMILES string of the molecule is CCCNC(c1csc2c(Br)cccc12)C1CCOC1. The Balaban J connectivity index is 1.97. The highest BCUT2D eigenvalue weighted by Gasteiger charge is 2.28. The van der Waals surface area contributed by atoms with E-state index in [1.54, 1.807) is 0 Å². The van der Waals surface area contributed by atoms with Crippen molar-refractivity contribution < 1.29 is 4.74 Å². The van der Waals surface area contributed by atoms with Crippen LogP contribution in [0.2, 0.25) is 0 Å². The number of ether oxygens (including phenoxy) is 1. The predicted octanol–water partition coefficient (Wildman–Crippen LogP) is 4.74. The van der Waals surface area contributed by atoms with Crippen LogP contribution in [0, 0.1) is 5.92 Å². The Bertz CT molecular complexity index is 577. The quantitative estimate of drug-likeness (QED) is 0.837. The van der Waals surface area contributed by atoms with Crippen molar-refractivity contribution in [2.24, 2.45) is 5.92 Å². The van der Waals surface area contributed by atoms with E-state index in [1.165, 1.54) is 20.1 Å². The molecular formula is C16H20BrNOS. The minimum absolute atomic E-state index is 0.417. The third kappa shape index (κ3) is 2.80. The molecule has 0 amide bonds. The first-order chi connectivity index (χ1) is 9.81. The second-order valence-corrected chi connectivity index (χ2v) is 7.10. The van der Waals surface area contributed by atoms with Crippen molar-refractivity contribution in [1.29, 1.82) is 0 Å². The molecule has 2 unspecified atom stereocenters. The van der Waals surface area contributed by atoms with E-state index in [9.17, 15) is 0 Å². The topological polar surface area (TPSA) is 21.3 Å². The zero-order valence-corrected chi connectivity index (χ0v) is 14.1. The van der Waals surface area contributed by atoms with Gasteiger partial charge < -0.3 is 10.1 Å². The summed E-state index contributed by atoms with van der Waals surface area (Å²) >= 11 is 5.49. The van der Waals surface area contributed by atoms with Crippen LogP contribution < -0.4 is 5.32 Å². The first kappa shape index (κ1) is 14.5. The van der Waals surface area contributed by atoms with Gasteiger partial charge in [-0.1, -0.05) is 19.1 Å². The van der Waals surface area contributed by atoms with Crippen LogP contribution in [0.1, 0.15) is 31.4 Å². The molecule has 0 spiro atoms. The van der Waals surface area contributed by atoms with E-state index < -0.39 is 0 Å². The number of nitrogens with one attached hydrogen (secondary N) is 1. The third-order valence-electron chi connectivity index (χ3n) is 3.97. The van der Waals surface area contributed by atoms with Crippen LogP contribution in [-0.4, -0.2) is 19.8 Å². The zero-order chi connectivity index (χ0) is 13.9. The fraction of sp³-hybridized carbons (Fsp3) is 0.500. The molecule has 1 aliphatic rings. The summed E-state index contributed by atoms with van der Waals surface area (Å²) in [5.74, 6) is 0.596. The molecule has 1 aromatic heterocycles. The lowest BCUT2D eigenvalue weighted by molar-refractivity contribution is 0.177. The number of hydrogen-bond donors (Lipinski definition) is 1. The van der Waals surface area contributed by atoms with Crippen molar-refractivity contribution in [3.8, 4) is 0 Å². The summed E-state index contributed by atoms with van der Waals surface area (Å²) in [4.78, 5) is 0. The van der Waals surface area contributed by atoms with Gasteiger partial charge in [-0.2, -0.15) is 0 Å². The number of fused-ring (bicyclic) bond motifs is 1. The van der Waals surface area contributed by atoms with Crippen molar-refractivity contribution in [1.82, 2.24) is 5.32 Å². The van der Waals surface area contributed by atoms with Crippen LogP contribution in [-0.2, 0) is 4.74 Å². The molecule has 0 aliphatic carbocycles. The van der Waals surface area contributed by atoms with Crippen molar-refractivity contribution in [3.05, 3.63) is 33.6 Å². The lowest BCUT2D eigenvalue weighted by atomic mass is 9.92. The molecule has 1 fully saturated rings. The minimum Gasteiger partial charge on any atom is -0.381 e. The molecule has 2 atom stereocenters. The Hall–Kier alpha value is -0.420. The number of rotatable bonds is 5. The maximum Gasteiger partial charge on any atom is 0.0513 e. The highest BCUT2D eigenvalue weighted by molar-refractivity contribution is 9.10. The third-order valence-corrected chi connectivity index (χ3v) is 5.94. The minimum atomic E-state index is 0.417. The monoisotopic (exact) mass is 353 g/mol. The normalized spacial score (nSPS) is 20.6. The van der Waals surface area contributed by atoms with Crippen molar-refractivity contribution in [2.75, 3.05) is 19.8 Å². The molecule has 1 saturated heterocycles. The summed E-state index contributed by atoms with van der Waals surface area (Å²) in [5.41, 5.74) is 1.44. The van der Waals surface area contributed by atoms with Crippen molar-refractivity contribution in [3.63, 3.8) is 0 Å². The summed E-state index contributed by atoms with van der Waals surface area (Å²) in [7, 11) is 0. The highest BCUT2D eigenvalue weighted by atomic mass is 79.9. The van der Waals surface area contributed by atoms with Gasteiger partial charge in [-0.05, 0) is 57.7 Å². The molecule has 3 rings (SSSR count). The number of benzene rings is 1. The zero-order valence-electron chi connectivity index (χ0n) is 11.7. The van der Waals surface area contributed by atoms with Gasteiger partial charge >= 0.3 is 0 Å². The second-order valence-electron chi connectivity index (χ2n) is 5.36. The van der Waals surface area contributed by atoms with Crippen LogP contribution in [0.5, 0.6) is 0 Å². The van der Waals surface area contributed by atoms with Gasteiger partial charge in [-0.15, -0.1) is 11.3 Å². The first-order valence-electron chi connectivity index (χ1n) is 7.28. The van der Waals surface area contributed by atoms with E-state index in [4.69, 9.17) is 4.74 Å². The molecular weight excluding hydrogens is 334 g/mol. The molecule has 1 N–H and O–H groups in total. The smallest absolute Gasteiger partial charge is 0.0513 e. The largest absolute Gasteiger partial charge is 0.381 e. The molecule has 1 aromatic carbocycles. The molecule has 4 heteroatoms. The van der Waals surface area contributed by atoms with E-state index in [0.29, 0.717) is 12.0 Å². The summed E-state index contributed by atoms with van der Waals surface area (Å²) < 4.78 is 8.15. The molecule has 0 radical (unpaired) electrons. The van der Waals surface area contributed by atoms with E-state index in [2.05, 4.69) is 51.7 Å². The van der Waals surface area contributed by atoms with Gasteiger partial charge in [0.2, 0.25) is 0 Å². The Morgan fingerprint density at radius 3 is 3.15 bits per heavy atom. The van der Waals surface area contributed by atoms with Crippen LogP contribution in [0.4, 0.5) is 0 Å². The van der Waals surface area contributed by atoms with E-state index in [-0.39, 0.29) is 0 Å². The number of halogens is 1. The van der Waals surface area contributed by atoms with Crippen molar-refractivity contribution in [2.45, 2.75) is 25.8 Å². The maximum atomic E-state index is 5.61. The molecule has 0 bridgehead atoms. The van der Waals surface area contributed by atoms with Gasteiger partial charge in [0.25, 0.3) is 0 Å². The summed E-state index contributed by atoms with van der Waals surface area (Å²) in [5, 5.41) is 7.44. The molecule has 20 heavy (non-hydrogen) atoms. The lowest BCUT2D eigenvalue weighted by Gasteiger charge is -2.23. The van der Waals surface area contributed by atoms with Gasteiger partial charge in [-0.3, -0.25) is 0 Å². The average molecular weight is 354 g/mol. The summed E-state index contributed by atoms with van der Waals surface area (Å²) in [6.45, 7) is 5.07. The molecule has 2 heterocycles. The maximum absolute atomic E-state index is 5.61. The Morgan fingerprint density at radius 1 is 1.50 bits per heavy atom. The predicted molar refractivity (Wildman–Crippen MR) is 89.5 cm³/mol. The molecule has 2 aromatic rings.